The minimum Gasteiger partial charge on any atom is -0.290 e. The molecule has 0 radical (unpaired) electrons. The van der Waals surface area contributed by atoms with Gasteiger partial charge in [-0.1, -0.05) is 0 Å². The number of carbonyl (C=O) groups is 1. The molecule has 1 atom stereocenters. The van der Waals surface area contributed by atoms with Crippen molar-refractivity contribution in [2.24, 2.45) is 0 Å². The van der Waals surface area contributed by atoms with Crippen molar-refractivity contribution in [2.45, 2.75) is 24.7 Å². The summed E-state index contributed by atoms with van der Waals surface area (Å²) >= 11 is 2.66. The van der Waals surface area contributed by atoms with Crippen LogP contribution in [0.25, 0.3) is 0 Å². The van der Waals surface area contributed by atoms with Crippen molar-refractivity contribution in [3.63, 3.8) is 0 Å². The van der Waals surface area contributed by atoms with Crippen LogP contribution in [0.2, 0.25) is 0 Å². The number of Topliss-reactive ketones (excluding diaryl/α,β-unsaturated/α-hetero) is 1. The van der Waals surface area contributed by atoms with E-state index in [-0.39, 0.29) is 5.78 Å². The monoisotopic (exact) mass is 275 g/mol. The Morgan fingerprint density at radius 3 is 2.94 bits per heavy atom. The molecule has 0 aromatic carbocycles. The van der Waals surface area contributed by atoms with E-state index >= 15 is 0 Å². The van der Waals surface area contributed by atoms with Crippen molar-refractivity contribution in [3.8, 4) is 6.07 Å². The van der Waals surface area contributed by atoms with Crippen molar-refractivity contribution in [1.82, 2.24) is 9.97 Å². The smallest absolute Gasteiger partial charge is 0.215 e. The normalized spacial score (nSPS) is 16.2. The van der Waals surface area contributed by atoms with E-state index in [4.69, 9.17) is 0 Å². The summed E-state index contributed by atoms with van der Waals surface area (Å²) in [5.41, 5.74) is 1.03. The van der Waals surface area contributed by atoms with Crippen molar-refractivity contribution < 1.29 is 4.79 Å². The quantitative estimate of drug-likeness (QED) is 0.804. The van der Waals surface area contributed by atoms with Crippen LogP contribution in [0.15, 0.2) is 17.0 Å². The van der Waals surface area contributed by atoms with Gasteiger partial charge in [-0.05, 0) is 12.8 Å². The summed E-state index contributed by atoms with van der Waals surface area (Å²) in [6.07, 6.45) is 3.91. The molecule has 90 valence electrons. The molecule has 1 aliphatic carbocycles. The zero-order valence-electron chi connectivity index (χ0n) is 9.37. The van der Waals surface area contributed by atoms with Gasteiger partial charge in [0.1, 0.15) is 5.01 Å². The summed E-state index contributed by atoms with van der Waals surface area (Å²) in [7, 11) is 0. The molecule has 0 aliphatic heterocycles. The Morgan fingerprint density at radius 1 is 1.50 bits per heavy atom. The molecule has 0 N–H and O–H groups in total. The highest BCUT2D eigenvalue weighted by atomic mass is 32.1. The summed E-state index contributed by atoms with van der Waals surface area (Å²) in [4.78, 5) is 20.5. The zero-order chi connectivity index (χ0) is 12.5. The second kappa shape index (κ2) is 4.59. The molecule has 0 bridgehead atoms. The maximum atomic E-state index is 12.1. The van der Waals surface area contributed by atoms with Gasteiger partial charge in [-0.3, -0.25) is 4.79 Å². The van der Waals surface area contributed by atoms with Crippen LogP contribution < -0.4 is 0 Å². The van der Waals surface area contributed by atoms with Gasteiger partial charge in [-0.25, -0.2) is 9.97 Å². The molecule has 1 unspecified atom stereocenters. The fraction of sp³-hybridized carbons (Fsp3) is 0.333. The molecular formula is C12H9N3OS2. The molecule has 2 aromatic heterocycles. The number of carbonyl (C=O) groups excluding carboxylic acids is 1. The highest BCUT2D eigenvalue weighted by Crippen LogP contribution is 2.41. The molecular weight excluding hydrogens is 266 g/mol. The lowest BCUT2D eigenvalue weighted by molar-refractivity contribution is 0.0978. The van der Waals surface area contributed by atoms with Gasteiger partial charge in [0.05, 0.1) is 11.8 Å². The number of hydrogen-bond donors (Lipinski definition) is 0. The minimum atomic E-state index is -0.811. The average molecular weight is 275 g/mol. The number of aromatic nitrogens is 2. The molecule has 0 amide bonds. The molecule has 1 fully saturated rings. The maximum absolute atomic E-state index is 12.1. The molecule has 18 heavy (non-hydrogen) atoms. The Balaban J connectivity index is 1.87. The molecule has 4 nitrogen and oxygen atoms in total. The number of nitriles is 1. The lowest BCUT2D eigenvalue weighted by atomic mass is 10.1. The van der Waals surface area contributed by atoms with Crippen molar-refractivity contribution in [1.29, 1.82) is 5.26 Å². The SMILES string of the molecule is N#CC(C(=O)c1nccs1)c1nc(C2CC2)cs1. The molecule has 6 heteroatoms. The van der Waals surface area contributed by atoms with E-state index < -0.39 is 5.92 Å². The van der Waals surface area contributed by atoms with Gasteiger partial charge >= 0.3 is 0 Å². The van der Waals surface area contributed by atoms with Gasteiger partial charge < -0.3 is 0 Å². The van der Waals surface area contributed by atoms with Crippen LogP contribution in [0.3, 0.4) is 0 Å². The van der Waals surface area contributed by atoms with E-state index in [0.29, 0.717) is 15.9 Å². The van der Waals surface area contributed by atoms with Gasteiger partial charge in [0, 0.05) is 22.9 Å². The first kappa shape index (κ1) is 11.5. The third-order valence-corrected chi connectivity index (χ3v) is 4.53. The topological polar surface area (TPSA) is 66.6 Å². The number of rotatable bonds is 4. The van der Waals surface area contributed by atoms with Crippen molar-refractivity contribution >= 4 is 28.5 Å². The largest absolute Gasteiger partial charge is 0.290 e. The molecule has 1 aliphatic rings. The Morgan fingerprint density at radius 2 is 2.33 bits per heavy atom. The maximum Gasteiger partial charge on any atom is 0.215 e. The van der Waals surface area contributed by atoms with Crippen molar-refractivity contribution in [3.05, 3.63) is 32.7 Å². The second-order valence-electron chi connectivity index (χ2n) is 4.15. The van der Waals surface area contributed by atoms with Crippen LogP contribution in [-0.4, -0.2) is 15.8 Å². The second-order valence-corrected chi connectivity index (χ2v) is 5.93. The van der Waals surface area contributed by atoms with Gasteiger partial charge in [-0.15, -0.1) is 22.7 Å². The van der Waals surface area contributed by atoms with E-state index in [1.54, 1.807) is 11.6 Å². The summed E-state index contributed by atoms with van der Waals surface area (Å²) in [6.45, 7) is 0. The number of thiazole rings is 2. The van der Waals surface area contributed by atoms with Crippen LogP contribution in [0, 0.1) is 11.3 Å². The van der Waals surface area contributed by atoms with Gasteiger partial charge in [0.25, 0.3) is 0 Å². The summed E-state index contributed by atoms with van der Waals surface area (Å²) < 4.78 is 0. The third kappa shape index (κ3) is 2.07. The van der Waals surface area contributed by atoms with Crippen LogP contribution in [0.1, 0.15) is 45.2 Å². The van der Waals surface area contributed by atoms with Gasteiger partial charge in [-0.2, -0.15) is 5.26 Å². The predicted octanol–water partition coefficient (Wildman–Crippen LogP) is 2.97. The van der Waals surface area contributed by atoms with Crippen molar-refractivity contribution in [2.75, 3.05) is 0 Å². The van der Waals surface area contributed by atoms with Crippen LogP contribution in [0.4, 0.5) is 0 Å². The van der Waals surface area contributed by atoms with E-state index in [0.717, 1.165) is 5.69 Å². The van der Waals surface area contributed by atoms with E-state index in [1.807, 2.05) is 11.4 Å². The first-order valence-corrected chi connectivity index (χ1v) is 7.34. The third-order valence-electron chi connectivity index (χ3n) is 2.82. The predicted molar refractivity (Wildman–Crippen MR) is 68.9 cm³/mol. The number of ketones is 1. The first-order valence-electron chi connectivity index (χ1n) is 5.58. The Bertz CT molecular complexity index is 608. The van der Waals surface area contributed by atoms with Crippen LogP contribution >= 0.6 is 22.7 Å². The van der Waals surface area contributed by atoms with Gasteiger partial charge in [0.15, 0.2) is 10.9 Å². The summed E-state index contributed by atoms with van der Waals surface area (Å²) in [5.74, 6) is -0.512. The zero-order valence-corrected chi connectivity index (χ0v) is 11.0. The molecule has 0 saturated heterocycles. The van der Waals surface area contributed by atoms with Crippen LogP contribution in [0.5, 0.6) is 0 Å². The summed E-state index contributed by atoms with van der Waals surface area (Å²) in [5, 5.41) is 13.9. The van der Waals surface area contributed by atoms with Crippen LogP contribution in [-0.2, 0) is 0 Å². The Labute approximate surface area is 112 Å². The number of hydrogen-bond acceptors (Lipinski definition) is 6. The fourth-order valence-electron chi connectivity index (χ4n) is 1.69. The Kier molecular flexibility index (Phi) is 2.94. The number of nitrogens with zero attached hydrogens (tertiary/aromatic N) is 3. The molecule has 0 spiro atoms. The average Bonchev–Trinajstić information content (AvgIpc) is 2.92. The highest BCUT2D eigenvalue weighted by Gasteiger charge is 2.30. The van der Waals surface area contributed by atoms with Gasteiger partial charge in [0.2, 0.25) is 5.78 Å². The molecule has 1 saturated carbocycles. The van der Waals surface area contributed by atoms with E-state index in [1.165, 1.54) is 35.5 Å². The Hall–Kier alpha value is -1.58. The lowest BCUT2D eigenvalue weighted by Crippen LogP contribution is -2.10. The first-order chi connectivity index (χ1) is 8.79. The summed E-state index contributed by atoms with van der Waals surface area (Å²) in [6, 6.07) is 2.04. The minimum absolute atomic E-state index is 0.246. The molecule has 3 rings (SSSR count). The molecule has 2 heterocycles. The molecule has 2 aromatic rings. The highest BCUT2D eigenvalue weighted by molar-refractivity contribution is 7.12. The lowest BCUT2D eigenvalue weighted by Gasteiger charge is -2.01. The fourth-order valence-corrected chi connectivity index (χ4v) is 3.24. The van der Waals surface area contributed by atoms with E-state index in [2.05, 4.69) is 9.97 Å². The van der Waals surface area contributed by atoms with E-state index in [9.17, 15) is 10.1 Å². The standard InChI is InChI=1S/C12H9N3OS2/c13-5-8(10(16)12-14-3-4-17-12)11-15-9(6-18-11)7-1-2-7/h3-4,6-8H,1-2H2.